The van der Waals surface area contributed by atoms with Gasteiger partial charge in [0, 0.05) is 6.42 Å². The first-order valence-corrected chi connectivity index (χ1v) is 6.00. The Morgan fingerprint density at radius 1 is 1.07 bits per heavy atom. The first kappa shape index (κ1) is 13.6. The maximum Gasteiger partial charge on any atom is 0.149 e. The van der Waals surface area contributed by atoms with Crippen LogP contribution in [0.15, 0.2) is 0 Å². The maximum absolute atomic E-state index is 11.4. The lowest BCUT2D eigenvalue weighted by Crippen LogP contribution is -2.29. The molecule has 2 N–H and O–H groups in total. The van der Waals surface area contributed by atoms with Crippen molar-refractivity contribution >= 4 is 5.78 Å². The van der Waals surface area contributed by atoms with Gasteiger partial charge in [-0.15, -0.1) is 0 Å². The van der Waals surface area contributed by atoms with Crippen LogP contribution in [-0.2, 0) is 4.79 Å². The number of rotatable bonds is 9. The predicted octanol–water partition coefficient (Wildman–Crippen LogP) is 3.04. The third-order valence-corrected chi connectivity index (χ3v) is 2.54. The fourth-order valence-electron chi connectivity index (χ4n) is 1.56. The summed E-state index contributed by atoms with van der Waals surface area (Å²) in [4.78, 5) is 11.4. The highest BCUT2D eigenvalue weighted by molar-refractivity contribution is 5.83. The number of carbonyl (C=O) groups excluding carboxylic acids is 1. The maximum atomic E-state index is 11.4. The van der Waals surface area contributed by atoms with E-state index in [-0.39, 0.29) is 11.8 Å². The molecule has 0 aromatic rings. The molecule has 0 aliphatic rings. The fourth-order valence-corrected chi connectivity index (χ4v) is 1.56. The molecule has 0 saturated carbocycles. The lowest BCUT2D eigenvalue weighted by atomic mass is 10.0. The number of Topliss-reactive ketones (excluding diaryl/α,β-unsaturated/α-hetero) is 1. The van der Waals surface area contributed by atoms with Gasteiger partial charge < -0.3 is 5.73 Å². The number of ketones is 1. The normalized spacial score (nSPS) is 12.8. The average Bonchev–Trinajstić information content (AvgIpc) is 2.17. The van der Waals surface area contributed by atoms with E-state index in [0.717, 1.165) is 19.3 Å². The average molecular weight is 199 g/mol. The van der Waals surface area contributed by atoms with Crippen LogP contribution in [0.2, 0.25) is 0 Å². The molecule has 14 heavy (non-hydrogen) atoms. The predicted molar refractivity (Wildman–Crippen MR) is 61.3 cm³/mol. The minimum atomic E-state index is -0.203. The molecule has 2 nitrogen and oxygen atoms in total. The Labute approximate surface area is 88.3 Å². The molecule has 0 saturated heterocycles. The summed E-state index contributed by atoms with van der Waals surface area (Å²) in [7, 11) is 0. The summed E-state index contributed by atoms with van der Waals surface area (Å²) >= 11 is 0. The van der Waals surface area contributed by atoms with Crippen molar-refractivity contribution in [2.45, 2.75) is 71.3 Å². The highest BCUT2D eigenvalue weighted by Crippen LogP contribution is 2.07. The molecular weight excluding hydrogens is 174 g/mol. The van der Waals surface area contributed by atoms with Crippen LogP contribution in [-0.4, -0.2) is 11.8 Å². The highest BCUT2D eigenvalue weighted by atomic mass is 16.1. The Morgan fingerprint density at radius 3 is 2.29 bits per heavy atom. The van der Waals surface area contributed by atoms with Crippen molar-refractivity contribution in [2.75, 3.05) is 0 Å². The SMILES string of the molecule is CCCCCCCC(=O)C(N)CCC. The van der Waals surface area contributed by atoms with Crippen LogP contribution < -0.4 is 5.73 Å². The van der Waals surface area contributed by atoms with Gasteiger partial charge in [-0.05, 0) is 12.8 Å². The van der Waals surface area contributed by atoms with Crippen LogP contribution in [0.4, 0.5) is 0 Å². The van der Waals surface area contributed by atoms with Gasteiger partial charge in [0.05, 0.1) is 6.04 Å². The van der Waals surface area contributed by atoms with E-state index in [1.54, 1.807) is 0 Å². The number of unbranched alkanes of at least 4 members (excludes halogenated alkanes) is 4. The van der Waals surface area contributed by atoms with Crippen LogP contribution in [0.3, 0.4) is 0 Å². The summed E-state index contributed by atoms with van der Waals surface area (Å²) in [5, 5.41) is 0. The van der Waals surface area contributed by atoms with Gasteiger partial charge in [0.1, 0.15) is 5.78 Å². The van der Waals surface area contributed by atoms with Gasteiger partial charge in [-0.3, -0.25) is 4.79 Å². The standard InChI is InChI=1S/C12H25NO/c1-3-5-6-7-8-10-12(14)11(13)9-4-2/h11H,3-10,13H2,1-2H3. The van der Waals surface area contributed by atoms with Gasteiger partial charge in [0.25, 0.3) is 0 Å². The minimum absolute atomic E-state index is 0.203. The van der Waals surface area contributed by atoms with E-state index in [9.17, 15) is 4.79 Å². The summed E-state index contributed by atoms with van der Waals surface area (Å²) in [6, 6.07) is -0.203. The summed E-state index contributed by atoms with van der Waals surface area (Å²) in [6.07, 6.45) is 8.53. The fraction of sp³-hybridized carbons (Fsp3) is 0.917. The molecule has 0 aliphatic carbocycles. The molecule has 1 atom stereocenters. The number of hydrogen-bond donors (Lipinski definition) is 1. The van der Waals surface area contributed by atoms with Crippen molar-refractivity contribution in [2.24, 2.45) is 5.73 Å². The molecular formula is C12H25NO. The monoisotopic (exact) mass is 199 g/mol. The molecule has 0 heterocycles. The smallest absolute Gasteiger partial charge is 0.149 e. The molecule has 0 bridgehead atoms. The molecule has 0 aromatic heterocycles. The summed E-state index contributed by atoms with van der Waals surface area (Å²) < 4.78 is 0. The summed E-state index contributed by atoms with van der Waals surface area (Å²) in [5.41, 5.74) is 5.72. The Hall–Kier alpha value is -0.370. The molecule has 1 unspecified atom stereocenters. The van der Waals surface area contributed by atoms with Crippen molar-refractivity contribution in [3.05, 3.63) is 0 Å². The van der Waals surface area contributed by atoms with Gasteiger partial charge >= 0.3 is 0 Å². The van der Waals surface area contributed by atoms with Crippen molar-refractivity contribution in [3.8, 4) is 0 Å². The zero-order chi connectivity index (χ0) is 10.8. The number of carbonyl (C=O) groups is 1. The van der Waals surface area contributed by atoms with E-state index in [4.69, 9.17) is 5.73 Å². The second-order valence-electron chi connectivity index (χ2n) is 4.03. The third-order valence-electron chi connectivity index (χ3n) is 2.54. The Kier molecular flexibility index (Phi) is 8.95. The van der Waals surface area contributed by atoms with Crippen LogP contribution in [0.1, 0.15) is 65.2 Å². The molecule has 2 heteroatoms. The van der Waals surface area contributed by atoms with Crippen molar-refractivity contribution in [3.63, 3.8) is 0 Å². The van der Waals surface area contributed by atoms with E-state index in [2.05, 4.69) is 13.8 Å². The largest absolute Gasteiger partial charge is 0.322 e. The molecule has 0 aromatic carbocycles. The molecule has 0 radical (unpaired) electrons. The molecule has 0 rings (SSSR count). The lowest BCUT2D eigenvalue weighted by molar-refractivity contribution is -0.120. The molecule has 0 fully saturated rings. The number of hydrogen-bond acceptors (Lipinski definition) is 2. The van der Waals surface area contributed by atoms with Crippen LogP contribution in [0.25, 0.3) is 0 Å². The van der Waals surface area contributed by atoms with Gasteiger partial charge in [-0.1, -0.05) is 46.0 Å². The van der Waals surface area contributed by atoms with Crippen LogP contribution in [0.5, 0.6) is 0 Å². The summed E-state index contributed by atoms with van der Waals surface area (Å²) in [6.45, 7) is 4.26. The van der Waals surface area contributed by atoms with E-state index in [1.165, 1.54) is 25.7 Å². The first-order valence-electron chi connectivity index (χ1n) is 6.00. The van der Waals surface area contributed by atoms with Crippen molar-refractivity contribution in [1.82, 2.24) is 0 Å². The highest BCUT2D eigenvalue weighted by Gasteiger charge is 2.10. The van der Waals surface area contributed by atoms with Gasteiger partial charge in [0.2, 0.25) is 0 Å². The minimum Gasteiger partial charge on any atom is -0.322 e. The summed E-state index contributed by atoms with van der Waals surface area (Å²) in [5.74, 6) is 0.253. The van der Waals surface area contributed by atoms with Crippen molar-refractivity contribution in [1.29, 1.82) is 0 Å². The molecule has 0 aliphatic heterocycles. The topological polar surface area (TPSA) is 43.1 Å². The van der Waals surface area contributed by atoms with Gasteiger partial charge in [-0.25, -0.2) is 0 Å². The Balaban J connectivity index is 3.34. The van der Waals surface area contributed by atoms with Crippen molar-refractivity contribution < 1.29 is 4.79 Å². The van der Waals surface area contributed by atoms with E-state index in [1.807, 2.05) is 0 Å². The Morgan fingerprint density at radius 2 is 1.71 bits per heavy atom. The van der Waals surface area contributed by atoms with E-state index in [0.29, 0.717) is 6.42 Å². The second-order valence-corrected chi connectivity index (χ2v) is 4.03. The molecule has 0 amide bonds. The number of nitrogens with two attached hydrogens (primary N) is 1. The third kappa shape index (κ3) is 7.07. The Bertz CT molecular complexity index is 145. The molecule has 0 spiro atoms. The zero-order valence-electron chi connectivity index (χ0n) is 9.72. The second kappa shape index (κ2) is 9.20. The zero-order valence-corrected chi connectivity index (χ0v) is 9.72. The molecule has 84 valence electrons. The van der Waals surface area contributed by atoms with Crippen LogP contribution >= 0.6 is 0 Å². The quantitative estimate of drug-likeness (QED) is 0.580. The lowest BCUT2D eigenvalue weighted by Gasteiger charge is -2.08. The van der Waals surface area contributed by atoms with Crippen LogP contribution in [0, 0.1) is 0 Å². The van der Waals surface area contributed by atoms with E-state index >= 15 is 0 Å². The first-order chi connectivity index (χ1) is 6.72. The van der Waals surface area contributed by atoms with E-state index < -0.39 is 0 Å². The van der Waals surface area contributed by atoms with Gasteiger partial charge in [0.15, 0.2) is 0 Å². The van der Waals surface area contributed by atoms with Gasteiger partial charge in [-0.2, -0.15) is 0 Å².